The number of aryl methyl sites for hydroxylation is 1. The Morgan fingerprint density at radius 3 is 2.95 bits per heavy atom. The van der Waals surface area contributed by atoms with E-state index in [4.69, 9.17) is 4.52 Å². The maximum atomic E-state index is 5.36. The first-order valence-corrected chi connectivity index (χ1v) is 6.31. The van der Waals surface area contributed by atoms with Gasteiger partial charge in [0.05, 0.1) is 5.92 Å². The molecule has 0 saturated carbocycles. The van der Waals surface area contributed by atoms with Crippen LogP contribution in [0.4, 0.5) is 0 Å². The summed E-state index contributed by atoms with van der Waals surface area (Å²) in [5.74, 6) is 1.64. The van der Waals surface area contributed by atoms with Gasteiger partial charge in [-0.05, 0) is 38.4 Å². The molecule has 1 N–H and O–H groups in total. The zero-order chi connectivity index (χ0) is 12.4. The first kappa shape index (κ1) is 14.0. The lowest BCUT2D eigenvalue weighted by atomic mass is 10.00. The van der Waals surface area contributed by atoms with Gasteiger partial charge in [0, 0.05) is 12.2 Å². The lowest BCUT2D eigenvalue weighted by molar-refractivity contribution is 0.322. The van der Waals surface area contributed by atoms with Crippen molar-refractivity contribution in [2.45, 2.75) is 25.7 Å². The van der Waals surface area contributed by atoms with Crippen LogP contribution >= 0.6 is 12.4 Å². The van der Waals surface area contributed by atoms with Crippen LogP contribution in [-0.4, -0.2) is 28.2 Å². The lowest BCUT2D eigenvalue weighted by Gasteiger charge is -2.18. The standard InChI is InChI=1S/C13H16N4O.ClH/c1-9-4-2-6-11(15-9)12-16-13(18-17-12)10-5-3-7-14-8-10;/h2,4,6,10,14H,3,5,7-8H2,1H3;1H/t10-;/m0./s1. The minimum atomic E-state index is 0. The summed E-state index contributed by atoms with van der Waals surface area (Å²) in [4.78, 5) is 8.87. The van der Waals surface area contributed by atoms with Gasteiger partial charge in [-0.1, -0.05) is 11.2 Å². The average molecular weight is 281 g/mol. The van der Waals surface area contributed by atoms with E-state index in [0.29, 0.717) is 11.7 Å². The topological polar surface area (TPSA) is 63.8 Å². The maximum Gasteiger partial charge on any atom is 0.231 e. The highest BCUT2D eigenvalue weighted by Crippen LogP contribution is 2.23. The van der Waals surface area contributed by atoms with E-state index in [9.17, 15) is 0 Å². The van der Waals surface area contributed by atoms with E-state index in [2.05, 4.69) is 20.4 Å². The molecule has 0 unspecified atom stereocenters. The molecule has 0 bridgehead atoms. The first-order chi connectivity index (χ1) is 8.83. The quantitative estimate of drug-likeness (QED) is 0.915. The molecule has 0 spiro atoms. The predicted molar refractivity (Wildman–Crippen MR) is 74.4 cm³/mol. The normalized spacial score (nSPS) is 18.9. The second-order valence-corrected chi connectivity index (χ2v) is 4.66. The van der Waals surface area contributed by atoms with Gasteiger partial charge in [-0.25, -0.2) is 4.98 Å². The van der Waals surface area contributed by atoms with E-state index in [1.54, 1.807) is 0 Å². The molecule has 5 nitrogen and oxygen atoms in total. The molecular weight excluding hydrogens is 264 g/mol. The molecule has 1 saturated heterocycles. The summed E-state index contributed by atoms with van der Waals surface area (Å²) in [6.45, 7) is 3.95. The summed E-state index contributed by atoms with van der Waals surface area (Å²) in [7, 11) is 0. The van der Waals surface area contributed by atoms with E-state index >= 15 is 0 Å². The van der Waals surface area contributed by atoms with Crippen LogP contribution in [0, 0.1) is 6.92 Å². The van der Waals surface area contributed by atoms with E-state index < -0.39 is 0 Å². The van der Waals surface area contributed by atoms with Gasteiger partial charge < -0.3 is 9.84 Å². The number of rotatable bonds is 2. The number of halogens is 1. The van der Waals surface area contributed by atoms with Crippen molar-refractivity contribution >= 4 is 12.4 Å². The SMILES string of the molecule is Cc1cccc(-c2noc([C@H]3CCCNC3)n2)n1.Cl. The number of piperidine rings is 1. The third kappa shape index (κ3) is 3.11. The smallest absolute Gasteiger partial charge is 0.231 e. The van der Waals surface area contributed by atoms with Gasteiger partial charge in [0.2, 0.25) is 11.7 Å². The van der Waals surface area contributed by atoms with Crippen molar-refractivity contribution in [3.8, 4) is 11.5 Å². The fourth-order valence-electron chi connectivity index (χ4n) is 2.24. The Labute approximate surface area is 118 Å². The highest BCUT2D eigenvalue weighted by Gasteiger charge is 2.21. The summed E-state index contributed by atoms with van der Waals surface area (Å²) in [5.41, 5.74) is 1.73. The summed E-state index contributed by atoms with van der Waals surface area (Å²) in [5, 5.41) is 7.37. The first-order valence-electron chi connectivity index (χ1n) is 6.31. The van der Waals surface area contributed by atoms with Crippen molar-refractivity contribution in [2.24, 2.45) is 0 Å². The Kier molecular flexibility index (Phi) is 4.50. The maximum absolute atomic E-state index is 5.36. The zero-order valence-electron chi connectivity index (χ0n) is 10.8. The molecule has 1 aliphatic heterocycles. The highest BCUT2D eigenvalue weighted by molar-refractivity contribution is 5.85. The molecule has 0 aliphatic carbocycles. The van der Waals surface area contributed by atoms with Crippen molar-refractivity contribution in [2.75, 3.05) is 13.1 Å². The molecule has 2 aromatic heterocycles. The van der Waals surface area contributed by atoms with E-state index in [1.165, 1.54) is 0 Å². The average Bonchev–Trinajstić information content (AvgIpc) is 2.89. The number of aromatic nitrogens is 3. The second kappa shape index (κ2) is 6.12. The van der Waals surface area contributed by atoms with Crippen molar-refractivity contribution < 1.29 is 4.52 Å². The van der Waals surface area contributed by atoms with E-state index in [0.717, 1.165) is 43.2 Å². The molecule has 0 amide bonds. The minimum Gasteiger partial charge on any atom is -0.339 e. The van der Waals surface area contributed by atoms with Crippen molar-refractivity contribution in [3.63, 3.8) is 0 Å². The van der Waals surface area contributed by atoms with Crippen LogP contribution in [-0.2, 0) is 0 Å². The van der Waals surface area contributed by atoms with Gasteiger partial charge in [-0.2, -0.15) is 4.98 Å². The molecule has 2 aromatic rings. The Hall–Kier alpha value is -1.46. The minimum absolute atomic E-state index is 0. The van der Waals surface area contributed by atoms with Gasteiger partial charge >= 0.3 is 0 Å². The van der Waals surface area contributed by atoms with Crippen LogP contribution in [0.5, 0.6) is 0 Å². The zero-order valence-corrected chi connectivity index (χ0v) is 11.6. The van der Waals surface area contributed by atoms with Crippen LogP contribution < -0.4 is 5.32 Å². The fraction of sp³-hybridized carbons (Fsp3) is 0.462. The number of hydrogen-bond acceptors (Lipinski definition) is 5. The fourth-order valence-corrected chi connectivity index (χ4v) is 2.24. The van der Waals surface area contributed by atoms with Crippen LogP contribution in [0.3, 0.4) is 0 Å². The molecule has 3 heterocycles. The van der Waals surface area contributed by atoms with Crippen molar-refractivity contribution in [1.29, 1.82) is 0 Å². The van der Waals surface area contributed by atoms with Gasteiger partial charge in [-0.15, -0.1) is 12.4 Å². The third-order valence-corrected chi connectivity index (χ3v) is 3.21. The monoisotopic (exact) mass is 280 g/mol. The van der Waals surface area contributed by atoms with Crippen LogP contribution in [0.15, 0.2) is 22.7 Å². The molecule has 19 heavy (non-hydrogen) atoms. The molecular formula is C13H17ClN4O. The summed E-state index contributed by atoms with van der Waals surface area (Å²) < 4.78 is 5.36. The Bertz CT molecular complexity index is 537. The Balaban J connectivity index is 0.00000133. The molecule has 0 radical (unpaired) electrons. The van der Waals surface area contributed by atoms with Crippen molar-refractivity contribution in [1.82, 2.24) is 20.4 Å². The highest BCUT2D eigenvalue weighted by atomic mass is 35.5. The second-order valence-electron chi connectivity index (χ2n) is 4.66. The molecule has 3 rings (SSSR count). The summed E-state index contributed by atoms with van der Waals surface area (Å²) >= 11 is 0. The Morgan fingerprint density at radius 2 is 2.21 bits per heavy atom. The Morgan fingerprint density at radius 1 is 1.32 bits per heavy atom. The van der Waals surface area contributed by atoms with E-state index in [-0.39, 0.29) is 12.4 Å². The van der Waals surface area contributed by atoms with Crippen LogP contribution in [0.25, 0.3) is 11.5 Å². The summed E-state index contributed by atoms with van der Waals surface area (Å²) in [6.07, 6.45) is 2.26. The summed E-state index contributed by atoms with van der Waals surface area (Å²) in [6, 6.07) is 5.81. The molecule has 6 heteroatoms. The molecule has 1 fully saturated rings. The number of pyridine rings is 1. The number of nitrogens with one attached hydrogen (secondary N) is 1. The molecule has 0 aromatic carbocycles. The molecule has 1 aliphatic rings. The molecule has 102 valence electrons. The van der Waals surface area contributed by atoms with Crippen molar-refractivity contribution in [3.05, 3.63) is 29.8 Å². The lowest BCUT2D eigenvalue weighted by Crippen LogP contribution is -2.28. The predicted octanol–water partition coefficient (Wildman–Crippen LogP) is 2.33. The molecule has 1 atom stereocenters. The van der Waals surface area contributed by atoms with Crippen LogP contribution in [0.1, 0.15) is 30.3 Å². The van der Waals surface area contributed by atoms with Gasteiger partial charge in [0.25, 0.3) is 0 Å². The third-order valence-electron chi connectivity index (χ3n) is 3.21. The number of hydrogen-bond donors (Lipinski definition) is 1. The van der Waals surface area contributed by atoms with Gasteiger partial charge in [0.1, 0.15) is 5.69 Å². The van der Waals surface area contributed by atoms with Gasteiger partial charge in [-0.3, -0.25) is 0 Å². The van der Waals surface area contributed by atoms with Gasteiger partial charge in [0.15, 0.2) is 0 Å². The van der Waals surface area contributed by atoms with E-state index in [1.807, 2.05) is 25.1 Å². The number of nitrogens with zero attached hydrogens (tertiary/aromatic N) is 3. The van der Waals surface area contributed by atoms with Crippen LogP contribution in [0.2, 0.25) is 0 Å². The largest absolute Gasteiger partial charge is 0.339 e.